The maximum atomic E-state index is 12.3. The van der Waals surface area contributed by atoms with Crippen LogP contribution in [-0.2, 0) is 0 Å². The number of halogens is 1. The van der Waals surface area contributed by atoms with E-state index in [4.69, 9.17) is 11.6 Å². The first-order valence-corrected chi connectivity index (χ1v) is 8.49. The van der Waals surface area contributed by atoms with Gasteiger partial charge in [-0.1, -0.05) is 23.7 Å². The quantitative estimate of drug-likeness (QED) is 0.756. The molecule has 0 bridgehead atoms. The van der Waals surface area contributed by atoms with Crippen molar-refractivity contribution in [1.82, 2.24) is 15.5 Å². The van der Waals surface area contributed by atoms with Crippen molar-refractivity contribution in [2.45, 2.75) is 12.5 Å². The van der Waals surface area contributed by atoms with E-state index in [1.165, 1.54) is 18.0 Å². The molecule has 118 valence electrons. The Labute approximate surface area is 138 Å². The maximum Gasteiger partial charge on any atom is 0.255 e. The molecule has 0 spiro atoms. The summed E-state index contributed by atoms with van der Waals surface area (Å²) in [6.07, 6.45) is 3.38. The van der Waals surface area contributed by atoms with Crippen molar-refractivity contribution in [2.24, 2.45) is 0 Å². The van der Waals surface area contributed by atoms with Crippen molar-refractivity contribution in [3.05, 3.63) is 41.0 Å². The van der Waals surface area contributed by atoms with E-state index in [1.54, 1.807) is 19.1 Å². The molecule has 1 unspecified atom stereocenters. The molecule has 2 aromatic rings. The van der Waals surface area contributed by atoms with Crippen LogP contribution in [0.3, 0.4) is 0 Å². The number of H-pyrrole nitrogens is 1. The third-order valence-corrected chi connectivity index (χ3v) is 4.26. The van der Waals surface area contributed by atoms with Gasteiger partial charge in [0.1, 0.15) is 0 Å². The van der Waals surface area contributed by atoms with Crippen LogP contribution in [0.15, 0.2) is 30.5 Å². The molecule has 0 aliphatic rings. The summed E-state index contributed by atoms with van der Waals surface area (Å²) in [7, 11) is 0. The largest absolute Gasteiger partial charge is 0.387 e. The van der Waals surface area contributed by atoms with Gasteiger partial charge in [-0.3, -0.25) is 9.89 Å². The molecule has 1 heterocycles. The monoisotopic (exact) mass is 339 g/mol. The number of aromatic amines is 1. The van der Waals surface area contributed by atoms with Crippen LogP contribution in [0.5, 0.6) is 0 Å². The lowest BCUT2D eigenvalue weighted by molar-refractivity contribution is 0.0725. The summed E-state index contributed by atoms with van der Waals surface area (Å²) in [5, 5.41) is 20.2. The highest BCUT2D eigenvalue weighted by Crippen LogP contribution is 2.23. The molecule has 7 heteroatoms. The van der Waals surface area contributed by atoms with Gasteiger partial charge in [0, 0.05) is 22.9 Å². The third-order valence-electron chi connectivity index (χ3n) is 3.10. The van der Waals surface area contributed by atoms with Crippen LogP contribution >= 0.6 is 23.4 Å². The fourth-order valence-corrected chi connectivity index (χ4v) is 2.87. The van der Waals surface area contributed by atoms with Gasteiger partial charge < -0.3 is 10.4 Å². The summed E-state index contributed by atoms with van der Waals surface area (Å²) in [5.41, 5.74) is 0.933. The first-order valence-electron chi connectivity index (χ1n) is 6.72. The van der Waals surface area contributed by atoms with Gasteiger partial charge in [0.05, 0.1) is 23.1 Å². The summed E-state index contributed by atoms with van der Waals surface area (Å²) in [4.78, 5) is 12.3. The van der Waals surface area contributed by atoms with Crippen LogP contribution in [0, 0.1) is 0 Å². The number of rotatable bonds is 6. The van der Waals surface area contributed by atoms with Crippen molar-refractivity contribution in [2.75, 3.05) is 18.6 Å². The van der Waals surface area contributed by atoms with E-state index in [9.17, 15) is 9.90 Å². The van der Waals surface area contributed by atoms with Gasteiger partial charge in [-0.05, 0) is 25.3 Å². The molecule has 2 rings (SSSR count). The topological polar surface area (TPSA) is 78.0 Å². The number of hydrogen-bond donors (Lipinski definition) is 3. The predicted molar refractivity (Wildman–Crippen MR) is 90.4 cm³/mol. The second-order valence-electron chi connectivity index (χ2n) is 5.28. The number of carbonyl (C=O) groups is 1. The lowest BCUT2D eigenvalue weighted by Gasteiger charge is -2.22. The molecule has 0 aliphatic heterocycles. The zero-order chi connectivity index (χ0) is 16.2. The first kappa shape index (κ1) is 16.9. The summed E-state index contributed by atoms with van der Waals surface area (Å²) in [5.74, 6) is 0.267. The van der Waals surface area contributed by atoms with Gasteiger partial charge in [-0.2, -0.15) is 16.9 Å². The number of benzene rings is 1. The van der Waals surface area contributed by atoms with E-state index in [0.29, 0.717) is 22.0 Å². The number of aliphatic hydroxyl groups is 1. The fraction of sp³-hybridized carbons (Fsp3) is 0.333. The highest BCUT2D eigenvalue weighted by Gasteiger charge is 2.22. The van der Waals surface area contributed by atoms with Crippen molar-refractivity contribution in [3.8, 4) is 11.3 Å². The standard InChI is InChI=1S/C15H18ClN3O2S/c1-15(21,9-22-2)8-17-14(20)12-7-18-19-13(12)10-3-5-11(16)6-4-10/h3-7,21H,8-9H2,1-2H3,(H,17,20)(H,18,19). The normalized spacial score (nSPS) is 13.6. The highest BCUT2D eigenvalue weighted by atomic mass is 35.5. The Morgan fingerprint density at radius 1 is 1.45 bits per heavy atom. The molecular weight excluding hydrogens is 322 g/mol. The second kappa shape index (κ2) is 7.17. The number of amides is 1. The van der Waals surface area contributed by atoms with Gasteiger partial charge in [0.25, 0.3) is 5.91 Å². The van der Waals surface area contributed by atoms with Crippen LogP contribution in [-0.4, -0.2) is 45.4 Å². The fourth-order valence-electron chi connectivity index (χ4n) is 2.02. The van der Waals surface area contributed by atoms with E-state index < -0.39 is 5.60 Å². The molecule has 0 saturated heterocycles. The van der Waals surface area contributed by atoms with Gasteiger partial charge in [-0.15, -0.1) is 0 Å². The van der Waals surface area contributed by atoms with Gasteiger partial charge >= 0.3 is 0 Å². The van der Waals surface area contributed by atoms with Gasteiger partial charge in [0.15, 0.2) is 0 Å². The van der Waals surface area contributed by atoms with Gasteiger partial charge in [-0.25, -0.2) is 0 Å². The average Bonchev–Trinajstić information content (AvgIpc) is 2.95. The van der Waals surface area contributed by atoms with Crippen LogP contribution < -0.4 is 5.32 Å². The van der Waals surface area contributed by atoms with Crippen molar-refractivity contribution < 1.29 is 9.90 Å². The zero-order valence-electron chi connectivity index (χ0n) is 12.4. The molecule has 0 saturated carbocycles. The number of hydrogen-bond acceptors (Lipinski definition) is 4. The minimum atomic E-state index is -0.945. The SMILES string of the molecule is CSCC(C)(O)CNC(=O)c1cn[nH]c1-c1ccc(Cl)cc1. The summed E-state index contributed by atoms with van der Waals surface area (Å²) < 4.78 is 0. The zero-order valence-corrected chi connectivity index (χ0v) is 14.0. The van der Waals surface area contributed by atoms with Crippen LogP contribution in [0.2, 0.25) is 5.02 Å². The Kier molecular flexibility index (Phi) is 5.50. The molecular formula is C15H18ClN3O2S. The van der Waals surface area contributed by atoms with Crippen LogP contribution in [0.1, 0.15) is 17.3 Å². The molecule has 0 fully saturated rings. The average molecular weight is 340 g/mol. The Morgan fingerprint density at radius 3 is 2.77 bits per heavy atom. The van der Waals surface area contributed by atoms with E-state index in [-0.39, 0.29) is 12.5 Å². The van der Waals surface area contributed by atoms with Crippen molar-refractivity contribution in [3.63, 3.8) is 0 Å². The number of aromatic nitrogens is 2. The van der Waals surface area contributed by atoms with E-state index in [1.807, 2.05) is 18.4 Å². The smallest absolute Gasteiger partial charge is 0.255 e. The number of carbonyl (C=O) groups excluding carboxylic acids is 1. The molecule has 3 N–H and O–H groups in total. The minimum absolute atomic E-state index is 0.178. The van der Waals surface area contributed by atoms with Crippen molar-refractivity contribution in [1.29, 1.82) is 0 Å². The Bertz CT molecular complexity index is 640. The lowest BCUT2D eigenvalue weighted by atomic mass is 10.1. The first-order chi connectivity index (χ1) is 10.4. The van der Waals surface area contributed by atoms with Crippen LogP contribution in [0.4, 0.5) is 0 Å². The van der Waals surface area contributed by atoms with E-state index >= 15 is 0 Å². The Morgan fingerprint density at radius 2 is 2.14 bits per heavy atom. The predicted octanol–water partition coefficient (Wildman–Crippen LogP) is 2.57. The van der Waals surface area contributed by atoms with Gasteiger partial charge in [0.2, 0.25) is 0 Å². The molecule has 0 aliphatic carbocycles. The summed E-state index contributed by atoms with van der Waals surface area (Å²) in [6.45, 7) is 1.87. The van der Waals surface area contributed by atoms with Crippen LogP contribution in [0.25, 0.3) is 11.3 Å². The number of thioether (sulfide) groups is 1. The Balaban J connectivity index is 2.12. The van der Waals surface area contributed by atoms with E-state index in [2.05, 4.69) is 15.5 Å². The summed E-state index contributed by atoms with van der Waals surface area (Å²) >= 11 is 7.40. The highest BCUT2D eigenvalue weighted by molar-refractivity contribution is 7.98. The molecule has 22 heavy (non-hydrogen) atoms. The summed E-state index contributed by atoms with van der Waals surface area (Å²) in [6, 6.07) is 7.14. The number of nitrogens with zero attached hydrogens (tertiary/aromatic N) is 1. The molecule has 1 aromatic heterocycles. The molecule has 1 amide bonds. The second-order valence-corrected chi connectivity index (χ2v) is 6.58. The third kappa shape index (κ3) is 4.25. The lowest BCUT2D eigenvalue weighted by Crippen LogP contribution is -2.42. The number of nitrogens with one attached hydrogen (secondary N) is 2. The molecule has 0 radical (unpaired) electrons. The molecule has 1 aromatic carbocycles. The molecule has 5 nitrogen and oxygen atoms in total. The minimum Gasteiger partial charge on any atom is -0.387 e. The van der Waals surface area contributed by atoms with E-state index in [0.717, 1.165) is 5.56 Å². The van der Waals surface area contributed by atoms with Crippen molar-refractivity contribution >= 4 is 29.3 Å². The Hall–Kier alpha value is -1.50. The molecule has 1 atom stereocenters. The maximum absolute atomic E-state index is 12.3.